The van der Waals surface area contributed by atoms with Crippen LogP contribution in [0, 0.1) is 0 Å². The van der Waals surface area contributed by atoms with Crippen LogP contribution in [-0.2, 0) is 0 Å². The van der Waals surface area contributed by atoms with Gasteiger partial charge in [0.15, 0.2) is 12.1 Å². The third-order valence-corrected chi connectivity index (χ3v) is 5.75. The molecule has 6 rings (SSSR count). The van der Waals surface area contributed by atoms with Crippen molar-refractivity contribution in [1.82, 2.24) is 19.3 Å². The maximum atomic E-state index is 6.19. The van der Waals surface area contributed by atoms with Crippen LogP contribution in [0.25, 0.3) is 28.0 Å². The number of nitrogens with two attached hydrogens (primary N) is 1. The van der Waals surface area contributed by atoms with E-state index in [9.17, 15) is 0 Å². The molecule has 1 aliphatic heterocycles. The Bertz CT molecular complexity index is 1480. The zero-order valence-electron chi connectivity index (χ0n) is 17.9. The van der Waals surface area contributed by atoms with E-state index in [4.69, 9.17) is 25.5 Å². The highest BCUT2D eigenvalue weighted by Crippen LogP contribution is 2.37. The molecule has 2 aromatic heterocycles. The number of guanidine groups is 1. The zero-order valence-corrected chi connectivity index (χ0v) is 17.9. The molecule has 0 aliphatic carbocycles. The third-order valence-electron chi connectivity index (χ3n) is 5.75. The first kappa shape index (κ1) is 19.1. The van der Waals surface area contributed by atoms with Crippen molar-refractivity contribution >= 4 is 22.9 Å². The van der Waals surface area contributed by atoms with E-state index in [0.717, 1.165) is 39.3 Å². The summed E-state index contributed by atoms with van der Waals surface area (Å²) < 4.78 is 9.28. The average Bonchev–Trinajstić information content (AvgIpc) is 3.46. The lowest BCUT2D eigenvalue weighted by Gasteiger charge is -2.23. The number of rotatable bonds is 4. The van der Waals surface area contributed by atoms with Crippen LogP contribution in [-0.4, -0.2) is 32.4 Å². The van der Waals surface area contributed by atoms with Crippen LogP contribution in [0.5, 0.6) is 5.75 Å². The lowest BCUT2D eigenvalue weighted by atomic mass is 10.1. The second kappa shape index (κ2) is 7.52. The molecule has 0 unspecified atom stereocenters. The molecule has 0 saturated carbocycles. The molecule has 8 heteroatoms. The number of aromatic nitrogens is 4. The first-order valence-electron chi connectivity index (χ1n) is 10.6. The van der Waals surface area contributed by atoms with E-state index < -0.39 is 6.17 Å². The third kappa shape index (κ3) is 3.20. The number of benzene rings is 3. The van der Waals surface area contributed by atoms with Crippen molar-refractivity contribution in [2.75, 3.05) is 12.4 Å². The minimum Gasteiger partial charge on any atom is -0.497 e. The van der Waals surface area contributed by atoms with Gasteiger partial charge in [0.1, 0.15) is 5.75 Å². The summed E-state index contributed by atoms with van der Waals surface area (Å²) in [6.07, 6.45) is 1.59. The highest BCUT2D eigenvalue weighted by molar-refractivity contribution is 5.95. The number of methoxy groups -OCH3 is 1. The normalized spacial score (nSPS) is 15.1. The number of anilines is 1. The monoisotopic (exact) mass is 435 g/mol. The first-order chi connectivity index (χ1) is 16.2. The molecule has 0 bridgehead atoms. The lowest BCUT2D eigenvalue weighted by Crippen LogP contribution is -2.31. The summed E-state index contributed by atoms with van der Waals surface area (Å²) in [7, 11) is 1.66. The number of ether oxygens (including phenoxy) is 1. The Kier molecular flexibility index (Phi) is 4.36. The number of nitrogens with one attached hydrogen (secondary N) is 1. The molecule has 3 N–H and O–H groups in total. The van der Waals surface area contributed by atoms with Crippen LogP contribution in [0.4, 0.5) is 5.95 Å². The number of fused-ring (bicyclic) bond motifs is 3. The van der Waals surface area contributed by atoms with Gasteiger partial charge in [0.25, 0.3) is 0 Å². The maximum absolute atomic E-state index is 6.19. The van der Waals surface area contributed by atoms with Crippen molar-refractivity contribution in [3.05, 3.63) is 90.6 Å². The number of imidazole rings is 1. The predicted octanol–water partition coefficient (Wildman–Crippen LogP) is 4.18. The van der Waals surface area contributed by atoms with E-state index >= 15 is 0 Å². The Labute approximate surface area is 190 Å². The molecule has 1 atom stereocenters. The fourth-order valence-corrected chi connectivity index (χ4v) is 4.19. The van der Waals surface area contributed by atoms with Crippen molar-refractivity contribution in [1.29, 1.82) is 0 Å². The van der Waals surface area contributed by atoms with Gasteiger partial charge in [-0.05, 0) is 48.5 Å². The highest BCUT2D eigenvalue weighted by atomic mass is 16.5. The molecule has 1 aliphatic rings. The van der Waals surface area contributed by atoms with Crippen molar-refractivity contribution < 1.29 is 4.74 Å². The Balaban J connectivity index is 1.58. The van der Waals surface area contributed by atoms with E-state index in [2.05, 4.69) is 9.88 Å². The quantitative estimate of drug-likeness (QED) is 0.441. The number of nitrogens with zero attached hydrogens (tertiary/aromatic N) is 5. The van der Waals surface area contributed by atoms with Gasteiger partial charge in [-0.2, -0.15) is 5.10 Å². The molecule has 8 nitrogen and oxygen atoms in total. The number of aliphatic imine (C=N–C) groups is 1. The summed E-state index contributed by atoms with van der Waals surface area (Å²) in [5.74, 6) is 1.76. The van der Waals surface area contributed by atoms with E-state index in [0.29, 0.717) is 11.9 Å². The largest absolute Gasteiger partial charge is 0.497 e. The van der Waals surface area contributed by atoms with Gasteiger partial charge in [-0.1, -0.05) is 30.3 Å². The molecule has 0 fully saturated rings. The Morgan fingerprint density at radius 2 is 1.70 bits per heavy atom. The number of para-hydroxylation sites is 3. The minimum atomic E-state index is -0.428. The highest BCUT2D eigenvalue weighted by Gasteiger charge is 2.29. The van der Waals surface area contributed by atoms with Crippen LogP contribution in [0.1, 0.15) is 11.7 Å². The maximum Gasteiger partial charge on any atom is 0.212 e. The molecule has 162 valence electrons. The molecular formula is C25H21N7O. The SMILES string of the molecule is COc1ccc(-c2nn(-c3ccccc3)cc2[C@H]2N=C(N)Nc3nc4ccccc4n32)cc1. The zero-order chi connectivity index (χ0) is 22.4. The van der Waals surface area contributed by atoms with Crippen molar-refractivity contribution in [2.24, 2.45) is 10.7 Å². The molecule has 0 amide bonds. The van der Waals surface area contributed by atoms with Crippen LogP contribution >= 0.6 is 0 Å². The molecule has 0 radical (unpaired) electrons. The van der Waals surface area contributed by atoms with Crippen LogP contribution in [0.15, 0.2) is 90.1 Å². The van der Waals surface area contributed by atoms with Gasteiger partial charge < -0.3 is 10.5 Å². The Morgan fingerprint density at radius 3 is 2.48 bits per heavy atom. The van der Waals surface area contributed by atoms with Gasteiger partial charge in [-0.3, -0.25) is 9.88 Å². The predicted molar refractivity (Wildman–Crippen MR) is 129 cm³/mol. The summed E-state index contributed by atoms with van der Waals surface area (Å²) >= 11 is 0. The summed E-state index contributed by atoms with van der Waals surface area (Å²) in [5, 5.41) is 8.05. The fraction of sp³-hybridized carbons (Fsp3) is 0.0800. The van der Waals surface area contributed by atoms with E-state index in [1.807, 2.05) is 89.7 Å². The van der Waals surface area contributed by atoms with Crippen LogP contribution in [0.2, 0.25) is 0 Å². The fourth-order valence-electron chi connectivity index (χ4n) is 4.19. The smallest absolute Gasteiger partial charge is 0.212 e. The van der Waals surface area contributed by atoms with Gasteiger partial charge in [0.05, 0.1) is 29.5 Å². The molecule has 3 aromatic carbocycles. The first-order valence-corrected chi connectivity index (χ1v) is 10.6. The molecule has 0 spiro atoms. The van der Waals surface area contributed by atoms with Crippen molar-refractivity contribution in [3.63, 3.8) is 0 Å². The molecule has 0 saturated heterocycles. The summed E-state index contributed by atoms with van der Waals surface area (Å²) in [5.41, 5.74) is 11.7. The summed E-state index contributed by atoms with van der Waals surface area (Å²) in [6.45, 7) is 0. The lowest BCUT2D eigenvalue weighted by molar-refractivity contribution is 0.415. The summed E-state index contributed by atoms with van der Waals surface area (Å²) in [6, 6.07) is 25.8. The Morgan fingerprint density at radius 1 is 0.939 bits per heavy atom. The topological polar surface area (TPSA) is 95.3 Å². The van der Waals surface area contributed by atoms with E-state index in [1.165, 1.54) is 0 Å². The Hall–Kier alpha value is -4.59. The van der Waals surface area contributed by atoms with Gasteiger partial charge >= 0.3 is 0 Å². The van der Waals surface area contributed by atoms with E-state index in [-0.39, 0.29) is 0 Å². The van der Waals surface area contributed by atoms with Crippen molar-refractivity contribution in [2.45, 2.75) is 6.17 Å². The van der Waals surface area contributed by atoms with Crippen LogP contribution < -0.4 is 15.8 Å². The summed E-state index contributed by atoms with van der Waals surface area (Å²) in [4.78, 5) is 9.49. The molecule has 33 heavy (non-hydrogen) atoms. The number of hydrogen-bond acceptors (Lipinski definition) is 6. The van der Waals surface area contributed by atoms with Crippen molar-refractivity contribution in [3.8, 4) is 22.7 Å². The van der Waals surface area contributed by atoms with Gasteiger partial charge in [0, 0.05) is 17.3 Å². The number of hydrogen-bond donors (Lipinski definition) is 2. The molecular weight excluding hydrogens is 414 g/mol. The van der Waals surface area contributed by atoms with Gasteiger partial charge in [-0.25, -0.2) is 14.7 Å². The average molecular weight is 435 g/mol. The van der Waals surface area contributed by atoms with Gasteiger partial charge in [0.2, 0.25) is 5.95 Å². The minimum absolute atomic E-state index is 0.316. The second-order valence-corrected chi connectivity index (χ2v) is 7.75. The van der Waals surface area contributed by atoms with E-state index in [1.54, 1.807) is 7.11 Å². The van der Waals surface area contributed by atoms with Crippen LogP contribution in [0.3, 0.4) is 0 Å². The second-order valence-electron chi connectivity index (χ2n) is 7.75. The van der Waals surface area contributed by atoms with Gasteiger partial charge in [-0.15, -0.1) is 0 Å². The molecule has 5 aromatic rings. The standard InChI is InChI=1S/C25H21N7O/c1-33-18-13-11-16(12-14-18)22-19(15-31(30-22)17-7-3-2-4-8-17)23-28-24(26)29-25-27-20-9-5-6-10-21(20)32(23)25/h2-15,23H,1H3,(H3,26,27,28,29)/t23-/m0/s1. The molecule has 3 heterocycles.